The van der Waals surface area contributed by atoms with E-state index in [2.05, 4.69) is 10.3 Å². The van der Waals surface area contributed by atoms with E-state index in [1.54, 1.807) is 11.7 Å². The highest BCUT2D eigenvalue weighted by Gasteiger charge is 2.11. The van der Waals surface area contributed by atoms with E-state index >= 15 is 0 Å². The summed E-state index contributed by atoms with van der Waals surface area (Å²) in [6.07, 6.45) is 5.44. The number of hydrogen-bond acceptors (Lipinski definition) is 5. The monoisotopic (exact) mass is 361 g/mol. The number of nitrogens with one attached hydrogen (secondary N) is 2. The first-order chi connectivity index (χ1) is 12.1. The Morgan fingerprint density at radius 3 is 2.56 bits per heavy atom. The number of rotatable bonds is 9. The first-order valence-electron chi connectivity index (χ1n) is 8.34. The average Bonchev–Trinajstić information content (AvgIpc) is 3.11. The lowest BCUT2D eigenvalue weighted by molar-refractivity contribution is -0.129. The van der Waals surface area contributed by atoms with Crippen LogP contribution in [0.4, 0.5) is 0 Å². The van der Waals surface area contributed by atoms with Gasteiger partial charge in [-0.25, -0.2) is 10.5 Å². The third-order valence-electron chi connectivity index (χ3n) is 3.78. The van der Waals surface area contributed by atoms with Crippen LogP contribution in [0.15, 0.2) is 30.5 Å². The number of nitrogens with zero attached hydrogens (tertiary/aromatic N) is 1. The highest BCUT2D eigenvalue weighted by atomic mass is 32.1. The van der Waals surface area contributed by atoms with Gasteiger partial charge in [0, 0.05) is 19.2 Å². The zero-order chi connectivity index (χ0) is 18.1. The Labute approximate surface area is 151 Å². The number of carbonyl (C=O) groups is 2. The lowest BCUT2D eigenvalue weighted by Gasteiger charge is -2.03. The second-order valence-corrected chi connectivity index (χ2v) is 6.88. The second-order valence-electron chi connectivity index (χ2n) is 5.85. The van der Waals surface area contributed by atoms with Crippen molar-refractivity contribution in [3.63, 3.8) is 0 Å². The predicted octanol–water partition coefficient (Wildman–Crippen LogP) is 3.30. The van der Waals surface area contributed by atoms with Gasteiger partial charge in [0.15, 0.2) is 5.01 Å². The molecule has 0 aliphatic heterocycles. The van der Waals surface area contributed by atoms with E-state index in [1.165, 1.54) is 16.9 Å². The maximum absolute atomic E-state index is 12.1. The van der Waals surface area contributed by atoms with Crippen molar-refractivity contribution in [1.82, 2.24) is 15.8 Å². The summed E-state index contributed by atoms with van der Waals surface area (Å²) in [6.45, 7) is 2.63. The van der Waals surface area contributed by atoms with E-state index in [4.69, 9.17) is 5.21 Å². The summed E-state index contributed by atoms with van der Waals surface area (Å²) in [7, 11) is 0. The van der Waals surface area contributed by atoms with Crippen LogP contribution in [0, 0.1) is 6.92 Å². The molecular weight excluding hydrogens is 338 g/mol. The molecule has 0 spiro atoms. The number of hydroxylamine groups is 1. The number of aryl methyl sites for hydroxylation is 1. The van der Waals surface area contributed by atoms with Gasteiger partial charge >= 0.3 is 0 Å². The number of benzene rings is 1. The van der Waals surface area contributed by atoms with Crippen LogP contribution in [0.2, 0.25) is 0 Å². The number of amides is 2. The predicted molar refractivity (Wildman–Crippen MR) is 97.6 cm³/mol. The average molecular weight is 361 g/mol. The second kappa shape index (κ2) is 9.90. The number of thiazole rings is 1. The topological polar surface area (TPSA) is 91.3 Å². The van der Waals surface area contributed by atoms with E-state index in [9.17, 15) is 9.59 Å². The molecule has 0 radical (unpaired) electrons. The van der Waals surface area contributed by atoms with Gasteiger partial charge in [0.05, 0.1) is 4.88 Å². The van der Waals surface area contributed by atoms with Crippen LogP contribution in [0.1, 0.15) is 47.5 Å². The van der Waals surface area contributed by atoms with E-state index in [1.807, 2.05) is 31.2 Å². The summed E-state index contributed by atoms with van der Waals surface area (Å²) in [5, 5.41) is 11.7. The Morgan fingerprint density at radius 1 is 1.12 bits per heavy atom. The fourth-order valence-corrected chi connectivity index (χ4v) is 3.17. The minimum Gasteiger partial charge on any atom is -0.350 e. The Morgan fingerprint density at radius 2 is 1.84 bits per heavy atom. The minimum absolute atomic E-state index is 0.150. The molecule has 0 saturated heterocycles. The Kier molecular flexibility index (Phi) is 7.56. The minimum atomic E-state index is -0.360. The number of unbranched alkanes of at least 4 members (excludes halogenated alkanes) is 3. The van der Waals surface area contributed by atoms with Crippen molar-refractivity contribution in [3.8, 4) is 10.4 Å². The molecule has 2 amide bonds. The zero-order valence-corrected chi connectivity index (χ0v) is 15.1. The van der Waals surface area contributed by atoms with Crippen molar-refractivity contribution in [1.29, 1.82) is 0 Å². The summed E-state index contributed by atoms with van der Waals surface area (Å²) in [5.74, 6) is -0.510. The van der Waals surface area contributed by atoms with Gasteiger partial charge in [-0.1, -0.05) is 42.7 Å². The fourth-order valence-electron chi connectivity index (χ4n) is 2.33. The molecule has 0 bridgehead atoms. The highest BCUT2D eigenvalue weighted by molar-refractivity contribution is 7.16. The molecule has 0 unspecified atom stereocenters. The van der Waals surface area contributed by atoms with E-state index < -0.39 is 0 Å². The Hall–Kier alpha value is -2.25. The van der Waals surface area contributed by atoms with Gasteiger partial charge in [-0.3, -0.25) is 14.8 Å². The summed E-state index contributed by atoms with van der Waals surface area (Å²) < 4.78 is 0. The van der Waals surface area contributed by atoms with Gasteiger partial charge in [0.2, 0.25) is 5.91 Å². The molecule has 0 aliphatic rings. The van der Waals surface area contributed by atoms with Crippen LogP contribution in [-0.2, 0) is 4.79 Å². The maximum atomic E-state index is 12.1. The third kappa shape index (κ3) is 6.28. The molecule has 134 valence electrons. The molecule has 7 heteroatoms. The van der Waals surface area contributed by atoms with Gasteiger partial charge in [-0.2, -0.15) is 0 Å². The molecule has 6 nitrogen and oxygen atoms in total. The van der Waals surface area contributed by atoms with Crippen molar-refractivity contribution in [2.24, 2.45) is 0 Å². The highest BCUT2D eigenvalue weighted by Crippen LogP contribution is 2.26. The smallest absolute Gasteiger partial charge is 0.280 e. The third-order valence-corrected chi connectivity index (χ3v) is 4.82. The van der Waals surface area contributed by atoms with Gasteiger partial charge in [0.25, 0.3) is 5.91 Å². The van der Waals surface area contributed by atoms with Crippen LogP contribution in [-0.4, -0.2) is 28.6 Å². The Balaban J connectivity index is 1.69. The standard InChI is InChI=1S/C18H23N3O3S/c1-13-7-9-14(10-8-13)15-12-20-18(25-15)17(23)19-11-5-3-2-4-6-16(22)21-24/h7-10,12,24H,2-6,11H2,1H3,(H,19,23)(H,21,22). The molecule has 25 heavy (non-hydrogen) atoms. The molecule has 2 aromatic rings. The van der Waals surface area contributed by atoms with E-state index in [-0.39, 0.29) is 11.8 Å². The summed E-state index contributed by atoms with van der Waals surface area (Å²) in [6, 6.07) is 8.14. The van der Waals surface area contributed by atoms with Gasteiger partial charge in [-0.05, 0) is 25.3 Å². The summed E-state index contributed by atoms with van der Waals surface area (Å²) in [4.78, 5) is 28.2. The molecule has 1 aromatic carbocycles. The number of carbonyl (C=O) groups excluding carboxylic acids is 2. The largest absolute Gasteiger partial charge is 0.350 e. The molecule has 0 saturated carbocycles. The fraction of sp³-hybridized carbons (Fsp3) is 0.389. The molecule has 3 N–H and O–H groups in total. The molecular formula is C18H23N3O3S. The van der Waals surface area contributed by atoms with Crippen molar-refractivity contribution < 1.29 is 14.8 Å². The van der Waals surface area contributed by atoms with Crippen LogP contribution in [0.3, 0.4) is 0 Å². The van der Waals surface area contributed by atoms with Crippen LogP contribution in [0.5, 0.6) is 0 Å². The van der Waals surface area contributed by atoms with Crippen LogP contribution >= 0.6 is 11.3 Å². The van der Waals surface area contributed by atoms with Crippen LogP contribution < -0.4 is 10.8 Å². The summed E-state index contributed by atoms with van der Waals surface area (Å²) >= 11 is 1.39. The van der Waals surface area contributed by atoms with Crippen LogP contribution in [0.25, 0.3) is 10.4 Å². The van der Waals surface area contributed by atoms with Gasteiger partial charge < -0.3 is 5.32 Å². The first kappa shape index (κ1) is 19.1. The Bertz CT molecular complexity index is 698. The molecule has 0 fully saturated rings. The van der Waals surface area contributed by atoms with E-state index in [0.717, 1.165) is 36.1 Å². The molecule has 2 rings (SSSR count). The normalized spacial score (nSPS) is 10.5. The first-order valence-corrected chi connectivity index (χ1v) is 9.16. The van der Waals surface area contributed by atoms with Crippen molar-refractivity contribution in [2.75, 3.05) is 6.54 Å². The van der Waals surface area contributed by atoms with Gasteiger partial charge in [-0.15, -0.1) is 11.3 Å². The number of hydrogen-bond donors (Lipinski definition) is 3. The van der Waals surface area contributed by atoms with E-state index in [0.29, 0.717) is 18.0 Å². The molecule has 1 heterocycles. The number of aromatic nitrogens is 1. The van der Waals surface area contributed by atoms with Crippen molar-refractivity contribution in [3.05, 3.63) is 41.0 Å². The lowest BCUT2D eigenvalue weighted by atomic mass is 10.1. The lowest BCUT2D eigenvalue weighted by Crippen LogP contribution is -2.24. The van der Waals surface area contributed by atoms with Gasteiger partial charge in [0.1, 0.15) is 0 Å². The van der Waals surface area contributed by atoms with Crippen molar-refractivity contribution >= 4 is 23.2 Å². The maximum Gasteiger partial charge on any atom is 0.280 e. The zero-order valence-electron chi connectivity index (χ0n) is 14.2. The summed E-state index contributed by atoms with van der Waals surface area (Å²) in [5.41, 5.74) is 3.88. The quantitative estimate of drug-likeness (QED) is 0.363. The SMILES string of the molecule is Cc1ccc(-c2cnc(C(=O)NCCCCCCC(=O)NO)s2)cc1. The molecule has 0 atom stereocenters. The molecule has 0 aliphatic carbocycles. The molecule has 1 aromatic heterocycles. The van der Waals surface area contributed by atoms with Crippen molar-refractivity contribution in [2.45, 2.75) is 39.0 Å².